The Labute approximate surface area is 85.2 Å². The molecule has 0 aliphatic rings. The van der Waals surface area contributed by atoms with E-state index in [2.05, 4.69) is 0 Å². The van der Waals surface area contributed by atoms with E-state index in [-0.39, 0.29) is 10.6 Å². The maximum absolute atomic E-state index is 10.7. The molecule has 0 unspecified atom stereocenters. The summed E-state index contributed by atoms with van der Waals surface area (Å²) >= 11 is 5.47. The van der Waals surface area contributed by atoms with Crippen LogP contribution in [0.5, 0.6) is 0 Å². The smallest absolute Gasteiger partial charge is 0.282 e. The molecule has 5 nitrogen and oxygen atoms in total. The minimum atomic E-state index is -4.46. The van der Waals surface area contributed by atoms with E-state index in [0.29, 0.717) is 0 Å². The number of amides is 1. The zero-order chi connectivity index (χ0) is 10.9. The molecule has 2 N–H and O–H groups in total. The van der Waals surface area contributed by atoms with Gasteiger partial charge in [0, 0.05) is 5.56 Å². The van der Waals surface area contributed by atoms with Gasteiger partial charge >= 0.3 is 0 Å². The molecule has 1 aromatic rings. The van der Waals surface area contributed by atoms with E-state index in [1.54, 1.807) is 0 Å². The van der Waals surface area contributed by atoms with E-state index in [1.165, 1.54) is 6.07 Å². The van der Waals surface area contributed by atoms with Crippen molar-refractivity contribution in [3.05, 3.63) is 28.8 Å². The van der Waals surface area contributed by atoms with E-state index in [0.717, 1.165) is 12.1 Å². The molecule has 0 aliphatic heterocycles. The highest BCUT2D eigenvalue weighted by Gasteiger charge is 2.16. The lowest BCUT2D eigenvalue weighted by Crippen LogP contribution is -2.04. The van der Waals surface area contributed by atoms with Crippen molar-refractivity contribution >= 4 is 27.6 Å². The van der Waals surface area contributed by atoms with Crippen LogP contribution in [0.4, 0.5) is 0 Å². The first kappa shape index (κ1) is 11.0. The Morgan fingerprint density at radius 1 is 1.43 bits per heavy atom. The molecule has 0 saturated heterocycles. The lowest BCUT2D eigenvalue weighted by Gasteiger charge is -2.01. The van der Waals surface area contributed by atoms with Crippen LogP contribution in [0.25, 0.3) is 0 Å². The monoisotopic (exact) mass is 234 g/mol. The summed E-state index contributed by atoms with van der Waals surface area (Å²) < 4.78 is 30.1. The molecule has 0 bridgehead atoms. The van der Waals surface area contributed by atoms with Crippen molar-refractivity contribution in [3.8, 4) is 0 Å². The van der Waals surface area contributed by atoms with Crippen molar-refractivity contribution in [3.63, 3.8) is 0 Å². The molecule has 1 amide bonds. The molecule has 14 heavy (non-hydrogen) atoms. The minimum Gasteiger partial charge on any atom is -0.282 e. The Morgan fingerprint density at radius 2 is 2.00 bits per heavy atom. The lowest BCUT2D eigenvalue weighted by atomic mass is 10.2. The van der Waals surface area contributed by atoms with Crippen molar-refractivity contribution < 1.29 is 17.8 Å². The molecular formula is C7H5ClNO4S. The summed E-state index contributed by atoms with van der Waals surface area (Å²) in [5.74, 6) is -1.05. The molecule has 0 aliphatic carbocycles. The normalized spacial score (nSPS) is 11.3. The highest BCUT2D eigenvalue weighted by Crippen LogP contribution is 2.22. The van der Waals surface area contributed by atoms with E-state index >= 15 is 0 Å². The molecule has 7 heteroatoms. The first-order chi connectivity index (χ1) is 6.32. The molecule has 0 aromatic heterocycles. The molecule has 0 fully saturated rings. The fourth-order valence-corrected chi connectivity index (χ4v) is 1.84. The highest BCUT2D eigenvalue weighted by molar-refractivity contribution is 7.86. The minimum absolute atomic E-state index is 0.151. The fourth-order valence-electron chi connectivity index (χ4n) is 0.842. The van der Waals surface area contributed by atoms with Gasteiger partial charge in [0.1, 0.15) is 4.90 Å². The molecule has 1 aromatic carbocycles. The van der Waals surface area contributed by atoms with Gasteiger partial charge in [-0.3, -0.25) is 15.1 Å². The molecule has 0 saturated carbocycles. The second-order valence-corrected chi connectivity index (χ2v) is 4.25. The van der Waals surface area contributed by atoms with E-state index in [9.17, 15) is 13.2 Å². The van der Waals surface area contributed by atoms with Crippen molar-refractivity contribution in [2.75, 3.05) is 0 Å². The standard InChI is InChI=1S/C7H5ClNO4S/c8-5-2-1-4(7(9)10)3-6(5)14(11,12)13/h1-3,9H,(H,11,12,13). The summed E-state index contributed by atoms with van der Waals surface area (Å²) in [4.78, 5) is 10.0. The highest BCUT2D eigenvalue weighted by atomic mass is 35.5. The molecule has 0 atom stereocenters. The largest absolute Gasteiger partial charge is 0.296 e. The van der Waals surface area contributed by atoms with Crippen molar-refractivity contribution in [2.24, 2.45) is 0 Å². The van der Waals surface area contributed by atoms with Gasteiger partial charge in [-0.05, 0) is 18.2 Å². The third kappa shape index (κ3) is 2.22. The number of hydrogen-bond donors (Lipinski definition) is 1. The predicted octanol–water partition coefficient (Wildman–Crippen LogP) is 1.01. The Balaban J connectivity index is 3.44. The second kappa shape index (κ2) is 3.56. The van der Waals surface area contributed by atoms with Gasteiger partial charge in [0.2, 0.25) is 0 Å². The number of carbonyl (C=O) groups is 1. The van der Waals surface area contributed by atoms with Crippen molar-refractivity contribution in [2.45, 2.75) is 4.90 Å². The summed E-state index contributed by atoms with van der Waals surface area (Å²) in [6.45, 7) is 0. The average molecular weight is 235 g/mol. The third-order valence-corrected chi connectivity index (χ3v) is 2.81. The number of nitrogens with one attached hydrogen (secondary N) is 1. The van der Waals surface area contributed by atoms with Crippen LogP contribution < -0.4 is 5.73 Å². The Bertz CT molecular complexity index is 482. The number of halogens is 1. The van der Waals surface area contributed by atoms with Crippen LogP contribution in [0.1, 0.15) is 10.4 Å². The molecule has 0 heterocycles. The van der Waals surface area contributed by atoms with Crippen LogP contribution in [-0.4, -0.2) is 18.9 Å². The first-order valence-corrected chi connectivity index (χ1v) is 5.17. The number of hydrogen-bond acceptors (Lipinski definition) is 3. The van der Waals surface area contributed by atoms with Gasteiger partial charge in [0.15, 0.2) is 0 Å². The van der Waals surface area contributed by atoms with Crippen LogP contribution in [-0.2, 0) is 10.1 Å². The maximum Gasteiger partial charge on any atom is 0.296 e. The van der Waals surface area contributed by atoms with Gasteiger partial charge in [0.05, 0.1) is 5.02 Å². The second-order valence-electron chi connectivity index (χ2n) is 2.45. The van der Waals surface area contributed by atoms with Crippen LogP contribution in [0, 0.1) is 0 Å². The summed E-state index contributed by atoms with van der Waals surface area (Å²) in [5.41, 5.74) is 6.58. The van der Waals surface area contributed by atoms with Crippen LogP contribution >= 0.6 is 11.6 Å². The quantitative estimate of drug-likeness (QED) is 0.773. The zero-order valence-electron chi connectivity index (χ0n) is 6.69. The molecular weight excluding hydrogens is 230 g/mol. The number of rotatable bonds is 2. The van der Waals surface area contributed by atoms with E-state index in [1.807, 2.05) is 0 Å². The molecule has 1 radical (unpaired) electrons. The van der Waals surface area contributed by atoms with Crippen molar-refractivity contribution in [1.29, 1.82) is 0 Å². The Hall–Kier alpha value is -1.11. The van der Waals surface area contributed by atoms with E-state index < -0.39 is 20.9 Å². The topological polar surface area (TPSA) is 95.2 Å². The van der Waals surface area contributed by atoms with Gasteiger partial charge in [0.25, 0.3) is 16.0 Å². The van der Waals surface area contributed by atoms with Crippen molar-refractivity contribution in [1.82, 2.24) is 5.73 Å². The van der Waals surface area contributed by atoms with Gasteiger partial charge in [-0.15, -0.1) is 0 Å². The third-order valence-electron chi connectivity index (χ3n) is 1.47. The zero-order valence-corrected chi connectivity index (χ0v) is 8.26. The first-order valence-electron chi connectivity index (χ1n) is 3.35. The summed E-state index contributed by atoms with van der Waals surface area (Å²) in [6, 6.07) is 3.19. The summed E-state index contributed by atoms with van der Waals surface area (Å²) in [5, 5.41) is -0.197. The maximum atomic E-state index is 10.7. The number of benzene rings is 1. The van der Waals surface area contributed by atoms with Gasteiger partial charge in [-0.25, -0.2) is 0 Å². The predicted molar refractivity (Wildman–Crippen MR) is 48.7 cm³/mol. The lowest BCUT2D eigenvalue weighted by molar-refractivity contribution is 0.0992. The molecule has 75 valence electrons. The fraction of sp³-hybridized carbons (Fsp3) is 0. The van der Waals surface area contributed by atoms with Gasteiger partial charge in [-0.1, -0.05) is 11.6 Å². The number of carbonyl (C=O) groups excluding carboxylic acids is 1. The SMILES string of the molecule is [NH]C(=O)c1ccc(Cl)c(S(=O)(=O)O)c1. The Morgan fingerprint density at radius 3 is 2.43 bits per heavy atom. The van der Waals surface area contributed by atoms with Crippen LogP contribution in [0.2, 0.25) is 5.02 Å². The van der Waals surface area contributed by atoms with Gasteiger partial charge in [-0.2, -0.15) is 8.42 Å². The molecule has 0 spiro atoms. The summed E-state index contributed by atoms with van der Waals surface area (Å²) in [7, 11) is -4.46. The van der Waals surface area contributed by atoms with Crippen LogP contribution in [0.3, 0.4) is 0 Å². The Kier molecular flexibility index (Phi) is 2.79. The van der Waals surface area contributed by atoms with E-state index in [4.69, 9.17) is 21.9 Å². The van der Waals surface area contributed by atoms with Gasteiger partial charge < -0.3 is 0 Å². The summed E-state index contributed by atoms with van der Waals surface area (Å²) in [6.07, 6.45) is 0. The molecule has 1 rings (SSSR count). The van der Waals surface area contributed by atoms with Crippen LogP contribution in [0.15, 0.2) is 23.1 Å². The average Bonchev–Trinajstić information content (AvgIpc) is 2.02.